The SMILES string of the molecule is Cc1cc(NC(=O)NCCNc2ncccc2C(F)(F)F)c(C(F)(F)F)o1. The van der Waals surface area contributed by atoms with Crippen LogP contribution in [-0.2, 0) is 12.4 Å². The van der Waals surface area contributed by atoms with Crippen LogP contribution in [0.5, 0.6) is 0 Å². The molecule has 148 valence electrons. The van der Waals surface area contributed by atoms with E-state index in [0.29, 0.717) is 0 Å². The van der Waals surface area contributed by atoms with Gasteiger partial charge in [0.2, 0.25) is 5.76 Å². The van der Waals surface area contributed by atoms with E-state index in [9.17, 15) is 31.1 Å². The zero-order valence-corrected chi connectivity index (χ0v) is 13.8. The van der Waals surface area contributed by atoms with Crippen molar-refractivity contribution < 1.29 is 35.6 Å². The molecule has 2 heterocycles. The zero-order chi connectivity index (χ0) is 20.2. The summed E-state index contributed by atoms with van der Waals surface area (Å²) < 4.78 is 81.2. The summed E-state index contributed by atoms with van der Waals surface area (Å²) in [6, 6.07) is 2.00. The Hall–Kier alpha value is -2.92. The van der Waals surface area contributed by atoms with Gasteiger partial charge in [0, 0.05) is 25.4 Å². The Kier molecular flexibility index (Phi) is 5.86. The number of aryl methyl sites for hydroxylation is 1. The van der Waals surface area contributed by atoms with Crippen LogP contribution in [0.25, 0.3) is 0 Å². The Labute approximate surface area is 148 Å². The van der Waals surface area contributed by atoms with Crippen molar-refractivity contribution >= 4 is 17.5 Å². The van der Waals surface area contributed by atoms with Gasteiger partial charge in [0.05, 0.1) is 11.3 Å². The molecule has 2 aromatic rings. The van der Waals surface area contributed by atoms with E-state index in [0.717, 1.165) is 24.4 Å². The van der Waals surface area contributed by atoms with Gasteiger partial charge in [-0.2, -0.15) is 26.3 Å². The molecule has 0 fully saturated rings. The lowest BCUT2D eigenvalue weighted by atomic mass is 10.2. The van der Waals surface area contributed by atoms with Crippen LogP contribution in [0.4, 0.5) is 42.6 Å². The number of furan rings is 1. The summed E-state index contributed by atoms with van der Waals surface area (Å²) in [4.78, 5) is 15.3. The summed E-state index contributed by atoms with van der Waals surface area (Å²) in [5.74, 6) is -1.82. The molecule has 0 spiro atoms. The van der Waals surface area contributed by atoms with E-state index >= 15 is 0 Å². The lowest BCUT2D eigenvalue weighted by Crippen LogP contribution is -2.33. The number of amides is 2. The maximum Gasteiger partial charge on any atom is 0.451 e. The molecule has 3 N–H and O–H groups in total. The molecule has 0 atom stereocenters. The molecule has 2 amide bonds. The second-order valence-electron chi connectivity index (χ2n) is 5.30. The molecule has 0 aliphatic heterocycles. The van der Waals surface area contributed by atoms with Crippen LogP contribution in [0.2, 0.25) is 0 Å². The average molecular weight is 396 g/mol. The highest BCUT2D eigenvalue weighted by atomic mass is 19.4. The molecule has 27 heavy (non-hydrogen) atoms. The predicted octanol–water partition coefficient (Wildman–Crippen LogP) is 4.25. The van der Waals surface area contributed by atoms with Crippen molar-refractivity contribution in [1.82, 2.24) is 10.3 Å². The number of urea groups is 1. The first-order chi connectivity index (χ1) is 12.5. The molecule has 6 nitrogen and oxygen atoms in total. The summed E-state index contributed by atoms with van der Waals surface area (Å²) >= 11 is 0. The van der Waals surface area contributed by atoms with E-state index in [1.807, 2.05) is 5.32 Å². The number of rotatable bonds is 5. The number of hydrogen-bond donors (Lipinski definition) is 3. The minimum atomic E-state index is -4.79. The fourth-order valence-corrected chi connectivity index (χ4v) is 2.12. The van der Waals surface area contributed by atoms with Gasteiger partial charge in [0.15, 0.2) is 0 Å². The zero-order valence-electron chi connectivity index (χ0n) is 13.8. The van der Waals surface area contributed by atoms with Crippen molar-refractivity contribution in [3.63, 3.8) is 0 Å². The van der Waals surface area contributed by atoms with Crippen LogP contribution in [0.3, 0.4) is 0 Å². The van der Waals surface area contributed by atoms with Crippen molar-refractivity contribution in [2.24, 2.45) is 0 Å². The number of carbonyl (C=O) groups is 1. The van der Waals surface area contributed by atoms with Gasteiger partial charge >= 0.3 is 18.4 Å². The largest absolute Gasteiger partial charge is 0.455 e. The van der Waals surface area contributed by atoms with Gasteiger partial charge in [-0.15, -0.1) is 0 Å². The lowest BCUT2D eigenvalue weighted by molar-refractivity contribution is -0.152. The Morgan fingerprint density at radius 3 is 2.48 bits per heavy atom. The standard InChI is InChI=1S/C15H14F6N4O2/c1-8-7-10(11(27-8)15(19,20)21)25-13(26)24-6-5-23-12-9(14(16,17)18)3-2-4-22-12/h2-4,7H,5-6H2,1H3,(H,22,23)(H2,24,25,26). The number of aromatic nitrogens is 1. The monoisotopic (exact) mass is 396 g/mol. The van der Waals surface area contributed by atoms with Gasteiger partial charge in [0.25, 0.3) is 0 Å². The number of pyridine rings is 1. The summed E-state index contributed by atoms with van der Waals surface area (Å²) in [7, 11) is 0. The molecule has 2 aromatic heterocycles. The predicted molar refractivity (Wildman–Crippen MR) is 83.2 cm³/mol. The number of carbonyl (C=O) groups excluding carboxylic acids is 1. The van der Waals surface area contributed by atoms with Gasteiger partial charge in [-0.3, -0.25) is 0 Å². The van der Waals surface area contributed by atoms with Crippen molar-refractivity contribution in [3.8, 4) is 0 Å². The highest BCUT2D eigenvalue weighted by Crippen LogP contribution is 2.37. The number of hydrogen-bond acceptors (Lipinski definition) is 4. The van der Waals surface area contributed by atoms with Crippen molar-refractivity contribution in [3.05, 3.63) is 41.5 Å². The Bertz CT molecular complexity index is 800. The van der Waals surface area contributed by atoms with E-state index in [4.69, 9.17) is 0 Å². The first-order valence-electron chi connectivity index (χ1n) is 7.47. The summed E-state index contributed by atoms with van der Waals surface area (Å²) in [5, 5.41) is 6.61. The van der Waals surface area contributed by atoms with Gasteiger partial charge in [-0.1, -0.05) is 0 Å². The smallest absolute Gasteiger partial charge is 0.451 e. The first kappa shape index (κ1) is 20.4. The van der Waals surface area contributed by atoms with Crippen LogP contribution < -0.4 is 16.0 Å². The van der Waals surface area contributed by atoms with Crippen LogP contribution in [-0.4, -0.2) is 24.1 Å². The van der Waals surface area contributed by atoms with Gasteiger partial charge in [0.1, 0.15) is 11.6 Å². The molecule has 0 bridgehead atoms. The number of alkyl halides is 6. The molecule has 0 aliphatic carbocycles. The average Bonchev–Trinajstić information content (AvgIpc) is 2.91. The van der Waals surface area contributed by atoms with E-state index in [2.05, 4.69) is 20.0 Å². The fourth-order valence-electron chi connectivity index (χ4n) is 2.12. The van der Waals surface area contributed by atoms with Gasteiger partial charge < -0.3 is 20.4 Å². The van der Waals surface area contributed by atoms with Crippen molar-refractivity contribution in [1.29, 1.82) is 0 Å². The minimum Gasteiger partial charge on any atom is -0.455 e. The van der Waals surface area contributed by atoms with Crippen molar-refractivity contribution in [2.75, 3.05) is 23.7 Å². The lowest BCUT2D eigenvalue weighted by Gasteiger charge is -2.13. The third-order valence-electron chi connectivity index (χ3n) is 3.18. The second-order valence-corrected chi connectivity index (χ2v) is 5.30. The molecule has 12 heteroatoms. The van der Waals surface area contributed by atoms with E-state index in [-0.39, 0.29) is 18.8 Å². The molecule has 0 aromatic carbocycles. The van der Waals surface area contributed by atoms with Crippen molar-refractivity contribution in [2.45, 2.75) is 19.3 Å². The number of nitrogens with zero attached hydrogens (tertiary/aromatic N) is 1. The third kappa shape index (κ3) is 5.53. The maximum absolute atomic E-state index is 12.8. The molecule has 0 aliphatic rings. The number of anilines is 2. The quantitative estimate of drug-likeness (QED) is 0.522. The fraction of sp³-hybridized carbons (Fsp3) is 0.333. The molecule has 0 unspecified atom stereocenters. The van der Waals surface area contributed by atoms with E-state index in [1.165, 1.54) is 6.92 Å². The highest BCUT2D eigenvalue weighted by molar-refractivity contribution is 5.90. The molecule has 2 rings (SSSR count). The molecule has 0 saturated carbocycles. The Morgan fingerprint density at radius 1 is 1.15 bits per heavy atom. The first-order valence-corrected chi connectivity index (χ1v) is 7.47. The second kappa shape index (κ2) is 7.76. The Balaban J connectivity index is 1.88. The summed E-state index contributed by atoms with van der Waals surface area (Å²) in [5.41, 5.74) is -1.53. The molecular formula is C15H14F6N4O2. The van der Waals surface area contributed by atoms with E-state index < -0.39 is 41.2 Å². The molecule has 0 saturated heterocycles. The van der Waals surface area contributed by atoms with Crippen LogP contribution in [0.1, 0.15) is 17.1 Å². The van der Waals surface area contributed by atoms with Gasteiger partial charge in [-0.25, -0.2) is 9.78 Å². The number of nitrogens with one attached hydrogen (secondary N) is 3. The third-order valence-corrected chi connectivity index (χ3v) is 3.18. The van der Waals surface area contributed by atoms with Gasteiger partial charge in [-0.05, 0) is 19.1 Å². The maximum atomic E-state index is 12.8. The summed E-state index contributed by atoms with van der Waals surface area (Å²) in [6.45, 7) is 0.981. The Morgan fingerprint density at radius 2 is 1.85 bits per heavy atom. The topological polar surface area (TPSA) is 79.2 Å². The summed E-state index contributed by atoms with van der Waals surface area (Å²) in [6.07, 6.45) is -8.22. The normalized spacial score (nSPS) is 12.0. The van der Waals surface area contributed by atoms with Crippen LogP contribution >= 0.6 is 0 Å². The molecular weight excluding hydrogens is 382 g/mol. The van der Waals surface area contributed by atoms with E-state index in [1.54, 1.807) is 0 Å². The number of halogens is 6. The molecule has 0 radical (unpaired) electrons. The van der Waals surface area contributed by atoms with Crippen LogP contribution in [0, 0.1) is 6.92 Å². The van der Waals surface area contributed by atoms with Crippen LogP contribution in [0.15, 0.2) is 28.8 Å². The minimum absolute atomic E-state index is 0.0471. The highest BCUT2D eigenvalue weighted by Gasteiger charge is 2.38.